The largest absolute Gasteiger partial charge is 0.354 e. The van der Waals surface area contributed by atoms with Crippen molar-refractivity contribution >= 4 is 108 Å². The molecule has 30 nitrogen and oxygen atoms in total. The predicted molar refractivity (Wildman–Crippen MR) is 501 cm³/mol. The molecule has 5 heterocycles. The summed E-state index contributed by atoms with van der Waals surface area (Å²) in [6.07, 6.45) is 35.5. The first-order chi connectivity index (χ1) is 59.7. The number of hydrogen-bond donors (Lipinski definition) is 10. The van der Waals surface area contributed by atoms with Gasteiger partial charge in [-0.05, 0) is 404 Å². The number of amides is 10. The van der Waals surface area contributed by atoms with Gasteiger partial charge in [-0.3, -0.25) is 0 Å². The lowest BCUT2D eigenvalue weighted by Crippen LogP contribution is -2.32. The van der Waals surface area contributed by atoms with Crippen LogP contribution in [0.5, 0.6) is 0 Å². The lowest BCUT2D eigenvalue weighted by molar-refractivity contribution is 0.259. The van der Waals surface area contributed by atoms with Crippen molar-refractivity contribution in [1.82, 2.24) is 24.5 Å². The van der Waals surface area contributed by atoms with Gasteiger partial charge in [0.1, 0.15) is 49.6 Å². The molecular weight excluding hydrogens is 1680 g/mol. The normalized spacial score (nSPS) is 24.6. The maximum atomic E-state index is 12.7. The number of carbonyl (C=O) groups is 5. The number of nitrogens with one attached hydrogen (secondary N) is 5. The van der Waals surface area contributed by atoms with Crippen LogP contribution in [0.25, 0.3) is 0 Å². The Hall–Kier alpha value is -7.20. The molecule has 35 heteroatoms. The first-order valence-corrected chi connectivity index (χ1v) is 53.9. The number of likely N-dealkylation sites (tertiary alicyclic amines) is 5. The van der Waals surface area contributed by atoms with Crippen LogP contribution < -0.4 is 52.3 Å². The molecule has 0 bridgehead atoms. The maximum absolute atomic E-state index is 12.7. The van der Waals surface area contributed by atoms with Crippen LogP contribution >= 0.6 is 0 Å². The zero-order valence-electron chi connectivity index (χ0n) is 73.6. The Labute approximate surface area is 740 Å². The molecule has 0 radical (unpaired) electrons. The second kappa shape index (κ2) is 38.1. The summed E-state index contributed by atoms with van der Waals surface area (Å²) < 4.78 is 83.1. The highest BCUT2D eigenvalue weighted by atomic mass is 32.2. The molecule has 10 atom stereocenters. The standard InChI is InChI=1S/5C18H26N4O2S/c5*1-22-9-8-14(11-22)25(19,24)21-18(23)20-17-15-6-2-4-12(15)10-13-5-3-7-16(13)17/h5*10,14H,2-9,11H2,1H3,(H3,19,20,21,23,24). The highest BCUT2D eigenvalue weighted by molar-refractivity contribution is 7.93. The van der Waals surface area contributed by atoms with E-state index in [1.807, 2.05) is 35.2 Å². The Balaban J connectivity index is 0.000000115. The van der Waals surface area contributed by atoms with Gasteiger partial charge in [0.15, 0.2) is 0 Å². The Morgan fingerprint density at radius 3 is 0.488 bits per heavy atom. The number of nitrogens with zero attached hydrogens (tertiary/aromatic N) is 10. The van der Waals surface area contributed by atoms with Crippen LogP contribution in [0.1, 0.15) is 208 Å². The van der Waals surface area contributed by atoms with Crippen LogP contribution in [0.3, 0.4) is 0 Å². The third-order valence-corrected chi connectivity index (χ3v) is 37.7. The number of carbonyl (C=O) groups excluding carboxylic acids is 5. The monoisotopic (exact) mass is 1810 g/mol. The summed E-state index contributed by atoms with van der Waals surface area (Å²) in [7, 11) is -5.27. The van der Waals surface area contributed by atoms with Crippen LogP contribution in [0.4, 0.5) is 52.4 Å². The van der Waals surface area contributed by atoms with Crippen molar-refractivity contribution in [3.63, 3.8) is 0 Å². The van der Waals surface area contributed by atoms with Crippen LogP contribution in [0.15, 0.2) is 52.1 Å². The molecule has 10 aliphatic carbocycles. The van der Waals surface area contributed by atoms with Crippen LogP contribution in [0, 0.1) is 0 Å². The molecule has 15 aliphatic rings. The summed E-state index contributed by atoms with van der Waals surface area (Å²) in [4.78, 5) is 72.9. The van der Waals surface area contributed by atoms with E-state index in [-0.39, 0.29) is 26.2 Å². The van der Waals surface area contributed by atoms with Crippen LogP contribution in [-0.2, 0) is 178 Å². The zero-order valence-corrected chi connectivity index (χ0v) is 77.7. The molecule has 15 N–H and O–H groups in total. The third kappa shape index (κ3) is 20.7. The molecule has 10 amide bonds. The van der Waals surface area contributed by atoms with Gasteiger partial charge in [-0.25, -0.2) is 70.7 Å². The summed E-state index contributed by atoms with van der Waals surface area (Å²) in [6.45, 7) is 7.35. The van der Waals surface area contributed by atoms with Crippen molar-refractivity contribution in [2.24, 2.45) is 47.5 Å². The summed E-state index contributed by atoms with van der Waals surface area (Å²) in [5.41, 5.74) is 30.6. The summed E-state index contributed by atoms with van der Waals surface area (Å²) in [5, 5.41) is 43.3. The molecule has 20 rings (SSSR count). The smallest absolute Gasteiger partial charge is 0.305 e. The van der Waals surface area contributed by atoms with E-state index < -0.39 is 79.7 Å². The number of nitrogens with two attached hydrogens (primary N) is 5. The van der Waals surface area contributed by atoms with E-state index in [4.69, 9.17) is 25.7 Å². The third-order valence-electron chi connectivity index (χ3n) is 28.8. The molecule has 5 aromatic rings. The second-order valence-electron chi connectivity index (χ2n) is 37.7. The van der Waals surface area contributed by atoms with Crippen molar-refractivity contribution in [1.29, 1.82) is 0 Å². The van der Waals surface area contributed by atoms with Crippen molar-refractivity contribution in [3.8, 4) is 0 Å². The number of rotatable bonds is 10. The molecule has 5 aliphatic heterocycles. The number of urea groups is 5. The van der Waals surface area contributed by atoms with Crippen LogP contribution in [0.2, 0.25) is 0 Å². The SMILES string of the molecule is CN1CCC(S(N)(=O)=NC(=O)Nc2c3c(cc4c2CCC4)CCC3)C1.CN1CCC(S(N)(=O)=NC(=O)Nc2c3c(cc4c2CCC4)CCC3)C1.CN1CCC(S(N)(=O)=NC(=O)Nc2c3c(cc4c2CCC4)CCC3)C1.CN1CCC(S(N)(=O)=NC(=O)Nc2c3c(cc4c2CCC4)CCC3)C1.CN1CCC(S(N)(=O)=NC(=O)Nc2c3c(cc4c2CCC4)CCC3)C1. The molecule has 5 aromatic carbocycles. The summed E-state index contributed by atoms with van der Waals surface area (Å²) in [6, 6.07) is 8.79. The van der Waals surface area contributed by atoms with Gasteiger partial charge in [-0.2, -0.15) is 0 Å². The highest BCUT2D eigenvalue weighted by Gasteiger charge is 2.38. The molecule has 0 saturated carbocycles. The minimum Gasteiger partial charge on any atom is -0.305 e. The minimum atomic E-state index is -3.02. The van der Waals surface area contributed by atoms with Gasteiger partial charge in [0.2, 0.25) is 0 Å². The Bertz CT molecular complexity index is 4860. The fourth-order valence-electron chi connectivity index (χ4n) is 22.4. The van der Waals surface area contributed by atoms with Crippen molar-refractivity contribution in [2.45, 2.75) is 251 Å². The molecule has 0 spiro atoms. The fraction of sp³-hybridized carbons (Fsp3) is 0.611. The number of benzene rings is 5. The van der Waals surface area contributed by atoms with E-state index >= 15 is 0 Å². The van der Waals surface area contributed by atoms with E-state index in [1.54, 1.807) is 0 Å². The van der Waals surface area contributed by atoms with Gasteiger partial charge in [-0.15, -0.1) is 21.8 Å². The van der Waals surface area contributed by atoms with Crippen molar-refractivity contribution in [2.75, 3.05) is 127 Å². The molecular formula is C90H130N20O10S5. The van der Waals surface area contributed by atoms with Crippen molar-refractivity contribution < 1.29 is 45.0 Å². The van der Waals surface area contributed by atoms with E-state index in [9.17, 15) is 45.0 Å². The molecule has 0 aromatic heterocycles. The number of hydrogen-bond acceptors (Lipinski definition) is 15. The van der Waals surface area contributed by atoms with Crippen LogP contribution in [-0.4, -0.2) is 203 Å². The Kier molecular flexibility index (Phi) is 27.8. The molecule has 125 heavy (non-hydrogen) atoms. The van der Waals surface area contributed by atoms with Gasteiger partial charge in [0, 0.05) is 61.2 Å². The minimum absolute atomic E-state index is 0.240. The first kappa shape index (κ1) is 91.1. The van der Waals surface area contributed by atoms with E-state index in [2.05, 4.69) is 103 Å². The van der Waals surface area contributed by atoms with Gasteiger partial charge in [-0.1, -0.05) is 30.3 Å². The van der Waals surface area contributed by atoms with Gasteiger partial charge >= 0.3 is 30.2 Å². The topological polar surface area (TPSA) is 439 Å². The number of fused-ring (bicyclic) bond motifs is 10. The highest BCUT2D eigenvalue weighted by Crippen LogP contribution is 2.45. The quantitative estimate of drug-likeness (QED) is 0.0621. The average Bonchev–Trinajstić information content (AvgIpc) is 1.65. The maximum Gasteiger partial charge on any atom is 0.354 e. The first-order valence-electron chi connectivity index (χ1n) is 45.7. The van der Waals surface area contributed by atoms with Gasteiger partial charge in [0.05, 0.1) is 26.2 Å². The Morgan fingerprint density at radius 2 is 0.376 bits per heavy atom. The molecule has 10 unspecified atom stereocenters. The lowest BCUT2D eigenvalue weighted by atomic mass is 9.99. The Morgan fingerprint density at radius 1 is 0.248 bits per heavy atom. The zero-order chi connectivity index (χ0) is 88.0. The molecule has 5 fully saturated rings. The second-order valence-corrected chi connectivity index (χ2v) is 48.1. The average molecular weight is 1810 g/mol. The summed E-state index contributed by atoms with van der Waals surface area (Å²) in [5.74, 6) is 0. The fourth-order valence-corrected chi connectivity index (χ4v) is 29.2. The molecule has 5 saturated heterocycles. The van der Waals surface area contributed by atoms with E-state index in [0.29, 0.717) is 32.7 Å². The lowest BCUT2D eigenvalue weighted by Gasteiger charge is -2.16. The molecule has 680 valence electrons. The van der Waals surface area contributed by atoms with E-state index in [0.717, 1.165) is 286 Å². The van der Waals surface area contributed by atoms with Gasteiger partial charge in [0.25, 0.3) is 0 Å². The van der Waals surface area contributed by atoms with E-state index in [1.165, 1.54) is 111 Å². The predicted octanol–water partition coefficient (Wildman–Crippen LogP) is 11.2. The number of anilines is 5. The van der Waals surface area contributed by atoms with Gasteiger partial charge < -0.3 is 51.1 Å². The summed E-state index contributed by atoms with van der Waals surface area (Å²) >= 11 is 0. The number of aryl methyl sites for hydroxylation is 10. The van der Waals surface area contributed by atoms with Crippen molar-refractivity contribution in [3.05, 3.63) is 142 Å².